The number of halogens is 1. The van der Waals surface area contributed by atoms with E-state index in [-0.39, 0.29) is 25.8 Å². The molecule has 3 aromatic rings. The summed E-state index contributed by atoms with van der Waals surface area (Å²) in [5.74, 6) is 0.414. The lowest BCUT2D eigenvalue weighted by molar-refractivity contribution is -0.142. The molecular weight excluding hydrogens is 456 g/mol. The molecule has 1 N–H and O–H groups in total. The number of hydrogen-bond donors (Lipinski definition) is 1. The third kappa shape index (κ3) is 5.33. The zero-order valence-corrected chi connectivity index (χ0v) is 18.3. The number of esters is 1. The molecule has 0 aliphatic rings. The number of furan rings is 1. The van der Waals surface area contributed by atoms with Crippen LogP contribution in [0.25, 0.3) is 11.0 Å². The summed E-state index contributed by atoms with van der Waals surface area (Å²) >= 11 is 3.45. The van der Waals surface area contributed by atoms with Crippen molar-refractivity contribution in [2.24, 2.45) is 0 Å². The number of fused-ring (bicyclic) bond motifs is 1. The van der Waals surface area contributed by atoms with Crippen molar-refractivity contribution in [3.63, 3.8) is 0 Å². The molecule has 1 atom stereocenters. The molecule has 0 radical (unpaired) electrons. The quantitative estimate of drug-likeness (QED) is 0.341. The van der Waals surface area contributed by atoms with E-state index in [4.69, 9.17) is 23.4 Å². The Hall–Kier alpha value is -2.55. The van der Waals surface area contributed by atoms with Gasteiger partial charge in [0.1, 0.15) is 18.3 Å². The summed E-state index contributed by atoms with van der Waals surface area (Å²) in [7, 11) is 1.50. The summed E-state index contributed by atoms with van der Waals surface area (Å²) < 4.78 is 27.7. The largest absolute Gasteiger partial charge is 0.487 e. The van der Waals surface area contributed by atoms with Gasteiger partial charge in [0.25, 0.3) is 0 Å². The molecule has 0 aliphatic heterocycles. The second-order valence-corrected chi connectivity index (χ2v) is 7.30. The number of aliphatic hydroxyl groups is 1. The fourth-order valence-electron chi connectivity index (χ4n) is 2.98. The molecule has 0 saturated carbocycles. The van der Waals surface area contributed by atoms with Gasteiger partial charge in [-0.1, -0.05) is 12.1 Å². The van der Waals surface area contributed by atoms with Gasteiger partial charge < -0.3 is 28.5 Å². The molecule has 0 amide bonds. The second kappa shape index (κ2) is 10.5. The molecule has 30 heavy (non-hydrogen) atoms. The van der Waals surface area contributed by atoms with E-state index in [0.717, 1.165) is 9.86 Å². The van der Waals surface area contributed by atoms with Crippen molar-refractivity contribution in [1.29, 1.82) is 0 Å². The van der Waals surface area contributed by atoms with Crippen LogP contribution in [-0.2, 0) is 20.7 Å². The van der Waals surface area contributed by atoms with Crippen LogP contribution in [0, 0.1) is 0 Å². The van der Waals surface area contributed by atoms with E-state index in [9.17, 15) is 9.90 Å². The summed E-state index contributed by atoms with van der Waals surface area (Å²) in [5.41, 5.74) is 2.01. The van der Waals surface area contributed by atoms with Crippen LogP contribution < -0.4 is 9.47 Å². The highest BCUT2D eigenvalue weighted by molar-refractivity contribution is 9.10. The fourth-order valence-corrected chi connectivity index (χ4v) is 3.57. The number of carbonyl (C=O) groups excluding carboxylic acids is 1. The number of benzene rings is 2. The number of aliphatic hydroxyl groups excluding tert-OH is 1. The zero-order chi connectivity index (χ0) is 21.5. The normalized spacial score (nSPS) is 12.0. The smallest absolute Gasteiger partial charge is 0.310 e. The van der Waals surface area contributed by atoms with Gasteiger partial charge >= 0.3 is 5.97 Å². The molecule has 8 heteroatoms. The molecular formula is C22H23BrO7. The van der Waals surface area contributed by atoms with E-state index in [1.165, 1.54) is 7.11 Å². The predicted octanol–water partition coefficient (Wildman–Crippen LogP) is 4.40. The Labute approximate surface area is 182 Å². The van der Waals surface area contributed by atoms with Crippen LogP contribution in [0.3, 0.4) is 0 Å². The summed E-state index contributed by atoms with van der Waals surface area (Å²) in [5, 5.41) is 11.5. The first kappa shape index (κ1) is 22.1. The minimum absolute atomic E-state index is 0.0111. The first-order valence-electron chi connectivity index (χ1n) is 9.40. The third-order valence-corrected chi connectivity index (χ3v) is 4.92. The number of ether oxygens (including phenoxy) is 4. The van der Waals surface area contributed by atoms with Crippen molar-refractivity contribution < 1.29 is 33.3 Å². The van der Waals surface area contributed by atoms with Crippen molar-refractivity contribution >= 4 is 32.9 Å². The standard InChI is InChI=1S/C22H23BrO7/c1-3-27-20(25)11-14-5-4-6-19(22(14)30-13-26-2)29-12-18(24)16-9-15-7-8-28-21(15)17(23)10-16/h4-10,18,24H,3,11-13H2,1-2H3. The van der Waals surface area contributed by atoms with Crippen LogP contribution in [-0.4, -0.2) is 38.2 Å². The maximum atomic E-state index is 11.9. The zero-order valence-electron chi connectivity index (χ0n) is 16.7. The van der Waals surface area contributed by atoms with Gasteiger partial charge in [-0.15, -0.1) is 0 Å². The highest BCUT2D eigenvalue weighted by Crippen LogP contribution is 2.34. The summed E-state index contributed by atoms with van der Waals surface area (Å²) in [6.45, 7) is 2.03. The average molecular weight is 479 g/mol. The van der Waals surface area contributed by atoms with Gasteiger partial charge in [0, 0.05) is 18.1 Å². The molecule has 2 aromatic carbocycles. The van der Waals surface area contributed by atoms with E-state index >= 15 is 0 Å². The molecule has 1 heterocycles. The van der Waals surface area contributed by atoms with Crippen LogP contribution in [0.1, 0.15) is 24.2 Å². The van der Waals surface area contributed by atoms with Crippen LogP contribution in [0.15, 0.2) is 51.6 Å². The highest BCUT2D eigenvalue weighted by Gasteiger charge is 2.18. The Balaban J connectivity index is 1.77. The number of hydrogen-bond acceptors (Lipinski definition) is 7. The third-order valence-electron chi connectivity index (χ3n) is 4.33. The Morgan fingerprint density at radius 2 is 2.07 bits per heavy atom. The van der Waals surface area contributed by atoms with Gasteiger partial charge in [0.15, 0.2) is 18.3 Å². The topological polar surface area (TPSA) is 87.4 Å². The van der Waals surface area contributed by atoms with E-state index in [0.29, 0.717) is 34.8 Å². The fraction of sp³-hybridized carbons (Fsp3) is 0.318. The van der Waals surface area contributed by atoms with E-state index in [1.54, 1.807) is 37.5 Å². The SMILES string of the molecule is CCOC(=O)Cc1cccc(OCC(O)c2cc(Br)c3occc3c2)c1OCOC. The number of methoxy groups -OCH3 is 1. The van der Waals surface area contributed by atoms with Crippen LogP contribution in [0.2, 0.25) is 0 Å². The van der Waals surface area contributed by atoms with Crippen LogP contribution >= 0.6 is 15.9 Å². The molecule has 0 saturated heterocycles. The minimum Gasteiger partial charge on any atom is -0.487 e. The molecule has 160 valence electrons. The maximum absolute atomic E-state index is 11.9. The second-order valence-electron chi connectivity index (χ2n) is 6.45. The minimum atomic E-state index is -0.885. The Bertz CT molecular complexity index is 998. The lowest BCUT2D eigenvalue weighted by Crippen LogP contribution is -2.13. The molecule has 0 aliphatic carbocycles. The van der Waals surface area contributed by atoms with E-state index in [2.05, 4.69) is 15.9 Å². The first-order valence-corrected chi connectivity index (χ1v) is 10.2. The molecule has 1 unspecified atom stereocenters. The van der Waals surface area contributed by atoms with Crippen LogP contribution in [0.5, 0.6) is 11.5 Å². The molecule has 0 fully saturated rings. The number of rotatable bonds is 10. The van der Waals surface area contributed by atoms with Gasteiger partial charge in [-0.25, -0.2) is 0 Å². The van der Waals surface area contributed by atoms with E-state index in [1.807, 2.05) is 12.1 Å². The highest BCUT2D eigenvalue weighted by atomic mass is 79.9. The molecule has 3 rings (SSSR count). The molecule has 7 nitrogen and oxygen atoms in total. The van der Waals surface area contributed by atoms with Gasteiger partial charge in [0.2, 0.25) is 0 Å². The van der Waals surface area contributed by atoms with Crippen LogP contribution in [0.4, 0.5) is 0 Å². The Morgan fingerprint density at radius 1 is 1.23 bits per heavy atom. The van der Waals surface area contributed by atoms with Crippen molar-refractivity contribution in [2.75, 3.05) is 27.1 Å². The monoisotopic (exact) mass is 478 g/mol. The molecule has 0 bridgehead atoms. The van der Waals surface area contributed by atoms with Crippen molar-refractivity contribution in [3.05, 3.63) is 58.3 Å². The summed E-state index contributed by atoms with van der Waals surface area (Å²) in [4.78, 5) is 11.9. The summed E-state index contributed by atoms with van der Waals surface area (Å²) in [6.07, 6.45) is 0.748. The molecule has 0 spiro atoms. The Morgan fingerprint density at radius 3 is 2.83 bits per heavy atom. The molecule has 1 aromatic heterocycles. The van der Waals surface area contributed by atoms with Crippen molar-refractivity contribution in [1.82, 2.24) is 0 Å². The lowest BCUT2D eigenvalue weighted by Gasteiger charge is -2.18. The number of para-hydroxylation sites is 1. The van der Waals surface area contributed by atoms with Crippen molar-refractivity contribution in [3.8, 4) is 11.5 Å². The number of carbonyl (C=O) groups is 1. The van der Waals surface area contributed by atoms with Gasteiger partial charge in [-0.05, 0) is 52.7 Å². The van der Waals surface area contributed by atoms with Gasteiger partial charge in [-0.3, -0.25) is 4.79 Å². The first-order chi connectivity index (χ1) is 14.5. The average Bonchev–Trinajstić information content (AvgIpc) is 3.21. The van der Waals surface area contributed by atoms with Crippen molar-refractivity contribution in [2.45, 2.75) is 19.4 Å². The Kier molecular flexibility index (Phi) is 7.73. The predicted molar refractivity (Wildman–Crippen MR) is 114 cm³/mol. The lowest BCUT2D eigenvalue weighted by atomic mass is 10.1. The van der Waals surface area contributed by atoms with E-state index < -0.39 is 6.10 Å². The summed E-state index contributed by atoms with van der Waals surface area (Å²) in [6, 6.07) is 10.7. The van der Waals surface area contributed by atoms with Gasteiger partial charge in [-0.2, -0.15) is 0 Å². The maximum Gasteiger partial charge on any atom is 0.310 e. The van der Waals surface area contributed by atoms with Gasteiger partial charge in [0.05, 0.1) is 23.8 Å².